The summed E-state index contributed by atoms with van der Waals surface area (Å²) in [6.45, 7) is 16.5. The van der Waals surface area contributed by atoms with Crippen LogP contribution in [0.3, 0.4) is 0 Å². The summed E-state index contributed by atoms with van der Waals surface area (Å²) in [5.74, 6) is -0.587. The molecule has 12 nitrogen and oxygen atoms in total. The van der Waals surface area contributed by atoms with Crippen molar-refractivity contribution >= 4 is 109 Å². The lowest BCUT2D eigenvalue weighted by Crippen LogP contribution is -2.29. The first-order valence-corrected chi connectivity index (χ1v) is 34.9. The largest absolute Gasteiger partial charge is 0.399 e. The molecule has 78 heavy (non-hydrogen) atoms. The fourth-order valence-corrected chi connectivity index (χ4v) is 11.8. The summed E-state index contributed by atoms with van der Waals surface area (Å²) in [5, 5.41) is 12.0. The van der Waals surface area contributed by atoms with Crippen LogP contribution in [0.4, 0.5) is 11.4 Å². The standard InChI is InChI=1S/C35H33N3O3SSi.C27H31N3OSSi.H2N2.H2/c1-43(2,3)21-20-41-24-37-33-23-28(17-18-31(33)32(36-37)19-16-25-10-5-4-6-11-25)42-27-13-9-12-26(22-27)38-34(39)29-14-7-8-15-30(29)35(38)40;1-33(2,3)17-16-31-20-30-27-19-24(32-23-11-7-10-22(28)18-23)13-14-25(27)26(29-30)15-12-21-8-5-4-6-9-21;1-2;/h4-19,22-23H,20-21,24H2,1-3H3;4-15,18-19H,16-17,20,28H2,1-3H3;1-2H;1H/b19-16+;15-12+;;. The molecular weight excluding hydrogens is 1040 g/mol. The highest BCUT2D eigenvalue weighted by Crippen LogP contribution is 2.37. The second-order valence-corrected chi connectivity index (χ2v) is 34.6. The molecule has 10 rings (SSSR count). The van der Waals surface area contributed by atoms with Crippen molar-refractivity contribution in [2.24, 2.45) is 0 Å². The predicted octanol–water partition coefficient (Wildman–Crippen LogP) is 16.6. The molecule has 0 radical (unpaired) electrons. The van der Waals surface area contributed by atoms with Gasteiger partial charge in [0.15, 0.2) is 0 Å². The van der Waals surface area contributed by atoms with E-state index in [0.717, 1.165) is 88.3 Å². The lowest BCUT2D eigenvalue weighted by molar-refractivity contribution is 0.0815. The molecule has 0 spiro atoms. The molecule has 0 aliphatic carbocycles. The van der Waals surface area contributed by atoms with E-state index in [-0.39, 0.29) is 13.2 Å². The number of benzene rings is 7. The van der Waals surface area contributed by atoms with Crippen molar-refractivity contribution in [3.8, 4) is 0 Å². The minimum atomic E-state index is -1.20. The SMILES string of the molecule is C[Si](C)(C)CCOCn1nc(/C=C/c2ccccc2)c2ccc(Sc3cccc(N)c3)cc21.C[Si](C)(C)CCOCn1nc(/C=C/c2ccccc2)c2ccc(Sc3cccc(N4C(=O)c5ccccc5C4=O)c3)cc21.N=N.[HH]. The van der Waals surface area contributed by atoms with Crippen LogP contribution in [0.15, 0.2) is 189 Å². The van der Waals surface area contributed by atoms with Crippen LogP contribution in [-0.4, -0.2) is 60.7 Å². The first-order valence-electron chi connectivity index (χ1n) is 25.8. The number of hydrogen-bond acceptors (Lipinski definition) is 11. The normalized spacial score (nSPS) is 12.6. The first kappa shape index (κ1) is 56.7. The molecule has 400 valence electrons. The van der Waals surface area contributed by atoms with Crippen molar-refractivity contribution in [1.29, 1.82) is 11.1 Å². The van der Waals surface area contributed by atoms with Gasteiger partial charge in [0.1, 0.15) is 13.5 Å². The van der Waals surface area contributed by atoms with Gasteiger partial charge in [-0.2, -0.15) is 10.2 Å². The Labute approximate surface area is 469 Å². The van der Waals surface area contributed by atoms with Crippen molar-refractivity contribution in [3.63, 3.8) is 0 Å². The molecule has 16 heteroatoms. The van der Waals surface area contributed by atoms with Gasteiger partial charge >= 0.3 is 0 Å². The van der Waals surface area contributed by atoms with Crippen LogP contribution < -0.4 is 10.6 Å². The van der Waals surface area contributed by atoms with E-state index in [2.05, 4.69) is 130 Å². The summed E-state index contributed by atoms with van der Waals surface area (Å²) in [4.78, 5) is 31.6. The number of ether oxygens (including phenoxy) is 2. The summed E-state index contributed by atoms with van der Waals surface area (Å²) >= 11 is 3.28. The molecule has 1 aliphatic rings. The lowest BCUT2D eigenvalue weighted by atomic mass is 10.1. The molecule has 3 heterocycles. The Kier molecular flexibility index (Phi) is 19.1. The second kappa shape index (κ2) is 26.3. The number of nitrogens with two attached hydrogens (primary N) is 1. The number of nitrogen functional groups attached to an aromatic ring is 1. The Morgan fingerprint density at radius 1 is 0.513 bits per heavy atom. The van der Waals surface area contributed by atoms with Crippen LogP contribution in [0.2, 0.25) is 51.4 Å². The number of anilines is 2. The fraction of sp³-hybridized carbons (Fsp3) is 0.194. The van der Waals surface area contributed by atoms with Gasteiger partial charge in [-0.1, -0.05) is 160 Å². The monoisotopic (exact) mass is 1110 g/mol. The van der Waals surface area contributed by atoms with Crippen LogP contribution in [0.5, 0.6) is 0 Å². The highest BCUT2D eigenvalue weighted by Gasteiger charge is 2.36. The van der Waals surface area contributed by atoms with Crippen LogP contribution in [0.25, 0.3) is 46.1 Å². The fourth-order valence-electron chi connectivity index (χ4n) is 8.43. The highest BCUT2D eigenvalue weighted by molar-refractivity contribution is 7.99. The second-order valence-electron chi connectivity index (χ2n) is 21.1. The van der Waals surface area contributed by atoms with E-state index in [0.29, 0.717) is 36.9 Å². The van der Waals surface area contributed by atoms with Crippen molar-refractivity contribution in [1.82, 2.24) is 19.6 Å². The minimum Gasteiger partial charge on any atom is -0.399 e. The number of fused-ring (bicyclic) bond motifs is 3. The molecule has 0 saturated carbocycles. The zero-order valence-corrected chi connectivity index (χ0v) is 48.6. The van der Waals surface area contributed by atoms with E-state index in [1.54, 1.807) is 53.9 Å². The number of hydrogen-bond donors (Lipinski definition) is 3. The van der Waals surface area contributed by atoms with E-state index in [1.165, 1.54) is 4.90 Å². The Hall–Kier alpha value is -7.45. The Morgan fingerprint density at radius 2 is 0.936 bits per heavy atom. The summed E-state index contributed by atoms with van der Waals surface area (Å²) in [6.07, 6.45) is 8.31. The van der Waals surface area contributed by atoms with Gasteiger partial charge in [-0.25, -0.2) is 25.3 Å². The highest BCUT2D eigenvalue weighted by atomic mass is 32.2. The zero-order valence-electron chi connectivity index (χ0n) is 45.0. The average Bonchev–Trinajstić information content (AvgIpc) is 4.21. The molecule has 0 fully saturated rings. The van der Waals surface area contributed by atoms with Gasteiger partial charge in [0, 0.05) is 66.8 Å². The lowest BCUT2D eigenvalue weighted by Gasteiger charge is -2.15. The summed E-state index contributed by atoms with van der Waals surface area (Å²) in [6, 6.07) is 58.0. The van der Waals surface area contributed by atoms with E-state index >= 15 is 0 Å². The van der Waals surface area contributed by atoms with Crippen LogP contribution in [0, 0.1) is 11.1 Å². The summed E-state index contributed by atoms with van der Waals surface area (Å²) < 4.78 is 16.0. The van der Waals surface area contributed by atoms with Crippen LogP contribution in [-0.2, 0) is 22.9 Å². The molecule has 0 unspecified atom stereocenters. The average molecular weight is 1110 g/mol. The van der Waals surface area contributed by atoms with Crippen molar-refractivity contribution in [2.75, 3.05) is 23.8 Å². The summed E-state index contributed by atoms with van der Waals surface area (Å²) in [7, 11) is -2.33. The van der Waals surface area contributed by atoms with E-state index < -0.39 is 16.1 Å². The molecule has 2 aromatic heterocycles. The number of nitrogens with zero attached hydrogens (tertiary/aromatic N) is 5. The molecule has 0 saturated heterocycles. The van der Waals surface area contributed by atoms with Crippen molar-refractivity contribution in [3.05, 3.63) is 203 Å². The maximum absolute atomic E-state index is 13.0. The van der Waals surface area contributed by atoms with E-state index in [4.69, 9.17) is 36.5 Å². The third kappa shape index (κ3) is 15.2. The predicted molar refractivity (Wildman–Crippen MR) is 329 cm³/mol. The third-order valence-electron chi connectivity index (χ3n) is 12.6. The molecular formula is C62H68N8O4S2Si2. The van der Waals surface area contributed by atoms with Gasteiger partial charge in [-0.3, -0.25) is 9.59 Å². The number of imide groups is 1. The first-order chi connectivity index (χ1) is 37.6. The van der Waals surface area contributed by atoms with Gasteiger partial charge < -0.3 is 15.2 Å². The number of carbonyl (C=O) groups is 2. The molecule has 4 N–H and O–H groups in total. The van der Waals surface area contributed by atoms with Crippen LogP contribution in [0.1, 0.15) is 44.7 Å². The van der Waals surface area contributed by atoms with E-state index in [1.807, 2.05) is 82.2 Å². The molecule has 7 aromatic carbocycles. The number of aromatic nitrogens is 4. The maximum atomic E-state index is 13.0. The summed E-state index contributed by atoms with van der Waals surface area (Å²) in [5.41, 5.74) is 24.3. The Morgan fingerprint density at radius 3 is 1.38 bits per heavy atom. The quantitative estimate of drug-likeness (QED) is 0.0235. The maximum Gasteiger partial charge on any atom is 0.266 e. The van der Waals surface area contributed by atoms with Gasteiger partial charge in [-0.15, -0.1) is 0 Å². The molecule has 0 atom stereocenters. The van der Waals surface area contributed by atoms with Gasteiger partial charge in [-0.05, 0) is 120 Å². The van der Waals surface area contributed by atoms with Gasteiger partial charge in [0.05, 0.1) is 39.2 Å². The topological polar surface area (TPSA) is 165 Å². The number of nitrogens with one attached hydrogen (secondary N) is 2. The molecule has 0 bridgehead atoms. The van der Waals surface area contributed by atoms with Crippen molar-refractivity contribution < 1.29 is 20.5 Å². The number of rotatable bonds is 19. The molecule has 9 aromatic rings. The number of amides is 2. The van der Waals surface area contributed by atoms with Crippen molar-refractivity contribution in [2.45, 2.75) is 84.4 Å². The molecule has 1 aliphatic heterocycles. The Bertz CT molecular complexity index is 3550. The smallest absolute Gasteiger partial charge is 0.266 e. The molecule has 2 amide bonds. The van der Waals surface area contributed by atoms with Crippen LogP contribution >= 0.6 is 23.5 Å². The van der Waals surface area contributed by atoms with Gasteiger partial charge in [0.25, 0.3) is 11.8 Å². The van der Waals surface area contributed by atoms with Gasteiger partial charge in [0.2, 0.25) is 0 Å². The minimum absolute atomic E-state index is 0. The zero-order chi connectivity index (χ0) is 55.2. The number of carbonyl (C=O) groups excluding carboxylic acids is 2. The Balaban J connectivity index is 0.000000226. The van der Waals surface area contributed by atoms with E-state index in [9.17, 15) is 9.59 Å². The third-order valence-corrected chi connectivity index (χ3v) is 18.0.